The molecule has 1 aliphatic rings. The van der Waals surface area contributed by atoms with Gasteiger partial charge in [-0.1, -0.05) is 48.9 Å². The van der Waals surface area contributed by atoms with Gasteiger partial charge >= 0.3 is 0 Å². The zero-order chi connectivity index (χ0) is 17.1. The highest BCUT2D eigenvalue weighted by Crippen LogP contribution is 2.22. The van der Waals surface area contributed by atoms with Gasteiger partial charge in [0.15, 0.2) is 0 Å². The van der Waals surface area contributed by atoms with Crippen LogP contribution in [-0.2, 0) is 9.59 Å². The molecule has 0 radical (unpaired) electrons. The first-order chi connectivity index (χ1) is 11.0. The van der Waals surface area contributed by atoms with Gasteiger partial charge in [-0.15, -0.1) is 0 Å². The van der Waals surface area contributed by atoms with Crippen molar-refractivity contribution < 1.29 is 14.7 Å². The largest absolute Gasteiger partial charge is 0.481 e. The van der Waals surface area contributed by atoms with Gasteiger partial charge in [-0.2, -0.15) is 0 Å². The average Bonchev–Trinajstić information content (AvgIpc) is 2.52. The van der Waals surface area contributed by atoms with Crippen molar-refractivity contribution in [2.45, 2.75) is 38.6 Å². The standard InChI is InChI=1S/C16H22N2O.C2H4O2/c17-15-10-4-9-14(12-15)16(19)18-11-5-8-13-6-2-1-3-7-13;1-2(3)4/h1-3,5-8,14-15H,4,9-12,17H2,(H,18,19);1H3,(H,3,4)/t14-,15+;/m1./s1. The van der Waals surface area contributed by atoms with E-state index in [1.165, 1.54) is 0 Å². The number of hydrogen-bond acceptors (Lipinski definition) is 3. The number of carboxylic acids is 1. The van der Waals surface area contributed by atoms with Gasteiger partial charge in [-0.3, -0.25) is 9.59 Å². The zero-order valence-corrected chi connectivity index (χ0v) is 13.6. The fourth-order valence-electron chi connectivity index (χ4n) is 2.53. The second kappa shape index (κ2) is 10.6. The Labute approximate surface area is 137 Å². The van der Waals surface area contributed by atoms with Crippen molar-refractivity contribution in [3.05, 3.63) is 42.0 Å². The molecule has 0 heterocycles. The van der Waals surface area contributed by atoms with Gasteiger partial charge in [-0.25, -0.2) is 0 Å². The molecule has 5 heteroatoms. The van der Waals surface area contributed by atoms with Crippen molar-refractivity contribution in [2.75, 3.05) is 6.54 Å². The minimum absolute atomic E-state index is 0.105. The van der Waals surface area contributed by atoms with Gasteiger partial charge < -0.3 is 16.2 Å². The lowest BCUT2D eigenvalue weighted by Crippen LogP contribution is -2.37. The third kappa shape index (κ3) is 8.78. The van der Waals surface area contributed by atoms with E-state index in [-0.39, 0.29) is 17.9 Å². The van der Waals surface area contributed by atoms with Crippen LogP contribution in [0.3, 0.4) is 0 Å². The fraction of sp³-hybridized carbons (Fsp3) is 0.444. The minimum Gasteiger partial charge on any atom is -0.481 e. The van der Waals surface area contributed by atoms with Crippen molar-refractivity contribution in [1.29, 1.82) is 0 Å². The molecule has 1 aliphatic carbocycles. The number of carbonyl (C=O) groups excluding carboxylic acids is 1. The van der Waals surface area contributed by atoms with Crippen LogP contribution >= 0.6 is 0 Å². The van der Waals surface area contributed by atoms with Crippen LogP contribution in [0, 0.1) is 5.92 Å². The van der Waals surface area contributed by atoms with E-state index in [0.717, 1.165) is 38.2 Å². The molecule has 23 heavy (non-hydrogen) atoms. The third-order valence-electron chi connectivity index (χ3n) is 3.59. The summed E-state index contributed by atoms with van der Waals surface area (Å²) in [7, 11) is 0. The van der Waals surface area contributed by atoms with Gasteiger partial charge in [0.2, 0.25) is 5.91 Å². The summed E-state index contributed by atoms with van der Waals surface area (Å²) in [5.74, 6) is -0.582. The topological polar surface area (TPSA) is 92.4 Å². The number of rotatable bonds is 4. The van der Waals surface area contributed by atoms with Crippen LogP contribution in [0.2, 0.25) is 0 Å². The molecule has 0 unspecified atom stereocenters. The number of benzene rings is 1. The molecule has 1 amide bonds. The Kier molecular flexibility index (Phi) is 8.68. The number of hydrogen-bond donors (Lipinski definition) is 3. The van der Waals surface area contributed by atoms with Crippen molar-refractivity contribution in [3.8, 4) is 0 Å². The van der Waals surface area contributed by atoms with Crippen molar-refractivity contribution in [3.63, 3.8) is 0 Å². The quantitative estimate of drug-likeness (QED) is 0.795. The summed E-state index contributed by atoms with van der Waals surface area (Å²) in [6, 6.07) is 10.3. The highest BCUT2D eigenvalue weighted by Gasteiger charge is 2.24. The molecule has 2 atom stereocenters. The van der Waals surface area contributed by atoms with Crippen molar-refractivity contribution >= 4 is 18.0 Å². The summed E-state index contributed by atoms with van der Waals surface area (Å²) in [6.45, 7) is 1.67. The number of nitrogens with two attached hydrogens (primary N) is 1. The molecule has 0 spiro atoms. The molecule has 0 aromatic heterocycles. The molecule has 1 saturated carbocycles. The summed E-state index contributed by atoms with van der Waals surface area (Å²) in [5.41, 5.74) is 7.05. The molecule has 1 aromatic rings. The molecule has 1 fully saturated rings. The maximum Gasteiger partial charge on any atom is 0.300 e. The summed E-state index contributed by atoms with van der Waals surface area (Å²) < 4.78 is 0. The van der Waals surface area contributed by atoms with Gasteiger partial charge in [0.25, 0.3) is 5.97 Å². The zero-order valence-electron chi connectivity index (χ0n) is 13.6. The van der Waals surface area contributed by atoms with Crippen molar-refractivity contribution in [2.24, 2.45) is 11.7 Å². The number of nitrogens with one attached hydrogen (secondary N) is 1. The summed E-state index contributed by atoms with van der Waals surface area (Å²) >= 11 is 0. The number of aliphatic carboxylic acids is 1. The first-order valence-corrected chi connectivity index (χ1v) is 7.93. The summed E-state index contributed by atoms with van der Waals surface area (Å²) in [6.07, 6.45) is 7.93. The molecule has 0 bridgehead atoms. The lowest BCUT2D eigenvalue weighted by Gasteiger charge is -2.25. The highest BCUT2D eigenvalue weighted by atomic mass is 16.4. The van der Waals surface area contributed by atoms with Crippen molar-refractivity contribution in [1.82, 2.24) is 5.32 Å². The molecule has 0 saturated heterocycles. The molecule has 1 aromatic carbocycles. The lowest BCUT2D eigenvalue weighted by atomic mass is 9.85. The molecule has 4 N–H and O–H groups in total. The van der Waals surface area contributed by atoms with Crippen LogP contribution in [0.1, 0.15) is 38.2 Å². The SMILES string of the molecule is CC(=O)O.N[C@H]1CCC[C@@H](C(=O)NCC=Cc2ccccc2)C1. The van der Waals surface area contributed by atoms with Crippen LogP contribution in [0.15, 0.2) is 36.4 Å². The number of carboxylic acid groups (broad SMARTS) is 1. The van der Waals surface area contributed by atoms with E-state index in [1.807, 2.05) is 42.5 Å². The Hall–Kier alpha value is -2.14. The first-order valence-electron chi connectivity index (χ1n) is 7.93. The summed E-state index contributed by atoms with van der Waals surface area (Å²) in [4.78, 5) is 21.0. The van der Waals surface area contributed by atoms with Crippen LogP contribution in [0.5, 0.6) is 0 Å². The van der Waals surface area contributed by atoms with Crippen LogP contribution in [0.4, 0.5) is 0 Å². The second-order valence-corrected chi connectivity index (χ2v) is 5.70. The number of amides is 1. The monoisotopic (exact) mass is 318 g/mol. The molecule has 126 valence electrons. The third-order valence-corrected chi connectivity index (χ3v) is 3.59. The molecular formula is C18H26N2O3. The van der Waals surface area contributed by atoms with Gasteiger partial charge in [-0.05, 0) is 24.8 Å². The Bertz CT molecular complexity index is 510. The van der Waals surface area contributed by atoms with E-state index in [1.54, 1.807) is 0 Å². The molecule has 2 rings (SSSR count). The van der Waals surface area contributed by atoms with E-state index in [0.29, 0.717) is 6.54 Å². The predicted octanol–water partition coefficient (Wildman–Crippen LogP) is 2.42. The van der Waals surface area contributed by atoms with E-state index < -0.39 is 5.97 Å². The fourth-order valence-corrected chi connectivity index (χ4v) is 2.53. The Morgan fingerprint density at radius 2 is 1.96 bits per heavy atom. The molecular weight excluding hydrogens is 292 g/mol. The Balaban J connectivity index is 0.000000593. The highest BCUT2D eigenvalue weighted by molar-refractivity contribution is 5.79. The van der Waals surface area contributed by atoms with E-state index >= 15 is 0 Å². The minimum atomic E-state index is -0.833. The van der Waals surface area contributed by atoms with Crippen LogP contribution in [0.25, 0.3) is 6.08 Å². The average molecular weight is 318 g/mol. The molecule has 5 nitrogen and oxygen atoms in total. The lowest BCUT2D eigenvalue weighted by molar-refractivity contribution is -0.134. The maximum atomic E-state index is 12.0. The predicted molar refractivity (Wildman–Crippen MR) is 91.7 cm³/mol. The van der Waals surface area contributed by atoms with Gasteiger partial charge in [0, 0.05) is 25.4 Å². The second-order valence-electron chi connectivity index (χ2n) is 5.70. The number of carbonyl (C=O) groups is 2. The Morgan fingerprint density at radius 3 is 2.57 bits per heavy atom. The Morgan fingerprint density at radius 1 is 1.30 bits per heavy atom. The van der Waals surface area contributed by atoms with Crippen LogP contribution < -0.4 is 11.1 Å². The smallest absolute Gasteiger partial charge is 0.300 e. The van der Waals surface area contributed by atoms with E-state index in [2.05, 4.69) is 5.32 Å². The van der Waals surface area contributed by atoms with Crippen LogP contribution in [-0.4, -0.2) is 29.6 Å². The molecule has 0 aliphatic heterocycles. The van der Waals surface area contributed by atoms with E-state index in [9.17, 15) is 4.79 Å². The maximum absolute atomic E-state index is 12.0. The normalized spacial score (nSPS) is 20.4. The van der Waals surface area contributed by atoms with Gasteiger partial charge in [0.05, 0.1) is 0 Å². The summed E-state index contributed by atoms with van der Waals surface area (Å²) in [5, 5.41) is 10.4. The first kappa shape index (κ1) is 18.9. The van der Waals surface area contributed by atoms with Gasteiger partial charge in [0.1, 0.15) is 0 Å². The van der Waals surface area contributed by atoms with E-state index in [4.69, 9.17) is 15.6 Å².